The summed E-state index contributed by atoms with van der Waals surface area (Å²) in [6.07, 6.45) is 5.26. The Balaban J connectivity index is 1.81. The molecule has 1 aliphatic rings. The fourth-order valence-corrected chi connectivity index (χ4v) is 2.74. The van der Waals surface area contributed by atoms with Crippen LogP contribution in [0.4, 0.5) is 0 Å². The summed E-state index contributed by atoms with van der Waals surface area (Å²) >= 11 is 0. The first-order valence-electron chi connectivity index (χ1n) is 7.26. The highest BCUT2D eigenvalue weighted by atomic mass is 16.5. The zero-order valence-electron chi connectivity index (χ0n) is 11.4. The third-order valence-corrected chi connectivity index (χ3v) is 3.79. The van der Waals surface area contributed by atoms with E-state index in [1.54, 1.807) is 0 Å². The highest BCUT2D eigenvalue weighted by molar-refractivity contribution is 5.14. The molecule has 0 amide bonds. The van der Waals surface area contributed by atoms with E-state index < -0.39 is 0 Å². The molecule has 1 fully saturated rings. The van der Waals surface area contributed by atoms with Gasteiger partial charge in [0, 0.05) is 13.2 Å². The van der Waals surface area contributed by atoms with Gasteiger partial charge in [0.15, 0.2) is 0 Å². The molecule has 0 saturated carbocycles. The molecule has 100 valence electrons. The summed E-state index contributed by atoms with van der Waals surface area (Å²) in [4.78, 5) is 0. The lowest BCUT2D eigenvalue weighted by Gasteiger charge is -2.32. The van der Waals surface area contributed by atoms with E-state index in [1.807, 2.05) is 0 Å². The Labute approximate surface area is 111 Å². The van der Waals surface area contributed by atoms with Crippen molar-refractivity contribution in [1.82, 2.24) is 5.32 Å². The standard InChI is InChI=1S/C16H25NO/c1-2-17-13-15-9-6-12-18-16(15)11-10-14-7-4-3-5-8-14/h3-5,7-8,15-17H,2,6,9-13H2,1H3. The number of rotatable bonds is 6. The largest absolute Gasteiger partial charge is 0.378 e. The molecule has 0 aliphatic carbocycles. The molecule has 0 radical (unpaired) electrons. The van der Waals surface area contributed by atoms with Crippen molar-refractivity contribution >= 4 is 0 Å². The third-order valence-electron chi connectivity index (χ3n) is 3.79. The normalized spacial score (nSPS) is 24.1. The van der Waals surface area contributed by atoms with Gasteiger partial charge < -0.3 is 10.1 Å². The second-order valence-electron chi connectivity index (χ2n) is 5.14. The molecule has 1 aliphatic heterocycles. The summed E-state index contributed by atoms with van der Waals surface area (Å²) in [6, 6.07) is 10.7. The predicted octanol–water partition coefficient (Wildman–Crippen LogP) is 3.02. The Morgan fingerprint density at radius 1 is 1.28 bits per heavy atom. The Hall–Kier alpha value is -0.860. The summed E-state index contributed by atoms with van der Waals surface area (Å²) in [5, 5.41) is 3.47. The second kappa shape index (κ2) is 7.55. The molecule has 2 unspecified atom stereocenters. The second-order valence-corrected chi connectivity index (χ2v) is 5.14. The van der Waals surface area contributed by atoms with E-state index in [9.17, 15) is 0 Å². The van der Waals surface area contributed by atoms with Crippen molar-refractivity contribution in [2.24, 2.45) is 5.92 Å². The molecule has 2 rings (SSSR count). The molecule has 0 spiro atoms. The van der Waals surface area contributed by atoms with Crippen LogP contribution in [0.5, 0.6) is 0 Å². The Morgan fingerprint density at radius 2 is 2.11 bits per heavy atom. The zero-order valence-corrected chi connectivity index (χ0v) is 11.4. The number of hydrogen-bond acceptors (Lipinski definition) is 2. The summed E-state index contributed by atoms with van der Waals surface area (Å²) in [6.45, 7) is 5.28. The molecule has 1 N–H and O–H groups in total. The molecule has 1 saturated heterocycles. The van der Waals surface area contributed by atoms with Gasteiger partial charge in [0.1, 0.15) is 0 Å². The highest BCUT2D eigenvalue weighted by Crippen LogP contribution is 2.24. The van der Waals surface area contributed by atoms with Crippen LogP contribution < -0.4 is 5.32 Å². The molecule has 18 heavy (non-hydrogen) atoms. The lowest BCUT2D eigenvalue weighted by molar-refractivity contribution is -0.0297. The topological polar surface area (TPSA) is 21.3 Å². The molecule has 0 bridgehead atoms. The third kappa shape index (κ3) is 4.11. The lowest BCUT2D eigenvalue weighted by Crippen LogP contribution is -2.37. The van der Waals surface area contributed by atoms with Gasteiger partial charge in [-0.1, -0.05) is 37.3 Å². The van der Waals surface area contributed by atoms with Crippen molar-refractivity contribution in [1.29, 1.82) is 0 Å². The van der Waals surface area contributed by atoms with Crippen LogP contribution in [0.1, 0.15) is 31.7 Å². The molecule has 1 heterocycles. The predicted molar refractivity (Wildman–Crippen MR) is 75.8 cm³/mol. The first kappa shape index (κ1) is 13.6. The van der Waals surface area contributed by atoms with Crippen molar-refractivity contribution in [2.45, 2.75) is 38.7 Å². The quantitative estimate of drug-likeness (QED) is 0.834. The van der Waals surface area contributed by atoms with E-state index in [-0.39, 0.29) is 0 Å². The SMILES string of the molecule is CCNCC1CCCOC1CCc1ccccc1. The maximum absolute atomic E-state index is 5.97. The molecular formula is C16H25NO. The van der Waals surface area contributed by atoms with Gasteiger partial charge in [0.05, 0.1) is 6.10 Å². The van der Waals surface area contributed by atoms with Crippen LogP contribution >= 0.6 is 0 Å². The lowest BCUT2D eigenvalue weighted by atomic mass is 9.90. The maximum atomic E-state index is 5.97. The van der Waals surface area contributed by atoms with Crippen LogP contribution in [0.25, 0.3) is 0 Å². The Kier molecular flexibility index (Phi) is 5.69. The molecule has 2 nitrogen and oxygen atoms in total. The summed E-state index contributed by atoms with van der Waals surface area (Å²) < 4.78 is 5.97. The van der Waals surface area contributed by atoms with Gasteiger partial charge in [0.25, 0.3) is 0 Å². The smallest absolute Gasteiger partial charge is 0.0618 e. The average molecular weight is 247 g/mol. The first-order valence-corrected chi connectivity index (χ1v) is 7.26. The molecule has 0 aromatic heterocycles. The Bertz CT molecular complexity index is 325. The fraction of sp³-hybridized carbons (Fsp3) is 0.625. The minimum atomic E-state index is 0.443. The maximum Gasteiger partial charge on any atom is 0.0618 e. The van der Waals surface area contributed by atoms with E-state index in [0.717, 1.165) is 32.5 Å². The van der Waals surface area contributed by atoms with E-state index in [2.05, 4.69) is 42.6 Å². The number of nitrogens with one attached hydrogen (secondary N) is 1. The van der Waals surface area contributed by atoms with Crippen molar-refractivity contribution in [3.63, 3.8) is 0 Å². The van der Waals surface area contributed by atoms with Crippen LogP contribution in [0.15, 0.2) is 30.3 Å². The van der Waals surface area contributed by atoms with Gasteiger partial charge in [-0.15, -0.1) is 0 Å². The van der Waals surface area contributed by atoms with Gasteiger partial charge >= 0.3 is 0 Å². The monoisotopic (exact) mass is 247 g/mol. The number of benzene rings is 1. The first-order chi connectivity index (χ1) is 8.90. The van der Waals surface area contributed by atoms with Crippen molar-refractivity contribution in [3.8, 4) is 0 Å². The van der Waals surface area contributed by atoms with Crippen LogP contribution in [-0.2, 0) is 11.2 Å². The van der Waals surface area contributed by atoms with Crippen LogP contribution in [-0.4, -0.2) is 25.8 Å². The van der Waals surface area contributed by atoms with Gasteiger partial charge in [0.2, 0.25) is 0 Å². The number of aryl methyl sites for hydroxylation is 1. The van der Waals surface area contributed by atoms with E-state index >= 15 is 0 Å². The van der Waals surface area contributed by atoms with Crippen LogP contribution in [0.2, 0.25) is 0 Å². The highest BCUT2D eigenvalue weighted by Gasteiger charge is 2.25. The fourth-order valence-electron chi connectivity index (χ4n) is 2.74. The molecule has 2 heteroatoms. The van der Waals surface area contributed by atoms with Crippen molar-refractivity contribution in [2.75, 3.05) is 19.7 Å². The Morgan fingerprint density at radius 3 is 2.89 bits per heavy atom. The summed E-state index contributed by atoms with van der Waals surface area (Å²) in [5.41, 5.74) is 1.42. The molecule has 1 aromatic carbocycles. The number of hydrogen-bond donors (Lipinski definition) is 1. The van der Waals surface area contributed by atoms with Gasteiger partial charge in [-0.25, -0.2) is 0 Å². The van der Waals surface area contributed by atoms with Crippen molar-refractivity contribution in [3.05, 3.63) is 35.9 Å². The van der Waals surface area contributed by atoms with E-state index in [0.29, 0.717) is 12.0 Å². The minimum absolute atomic E-state index is 0.443. The summed E-state index contributed by atoms with van der Waals surface area (Å²) in [5.74, 6) is 0.697. The average Bonchev–Trinajstić information content (AvgIpc) is 2.45. The van der Waals surface area contributed by atoms with Crippen LogP contribution in [0, 0.1) is 5.92 Å². The zero-order chi connectivity index (χ0) is 12.6. The molecule has 2 atom stereocenters. The van der Waals surface area contributed by atoms with Gasteiger partial charge in [-0.05, 0) is 43.7 Å². The molecule has 1 aromatic rings. The van der Waals surface area contributed by atoms with E-state index in [4.69, 9.17) is 4.74 Å². The number of ether oxygens (including phenoxy) is 1. The summed E-state index contributed by atoms with van der Waals surface area (Å²) in [7, 11) is 0. The van der Waals surface area contributed by atoms with E-state index in [1.165, 1.54) is 18.4 Å². The van der Waals surface area contributed by atoms with Crippen LogP contribution in [0.3, 0.4) is 0 Å². The minimum Gasteiger partial charge on any atom is -0.378 e. The van der Waals surface area contributed by atoms with Gasteiger partial charge in [-0.3, -0.25) is 0 Å². The molecular weight excluding hydrogens is 222 g/mol. The van der Waals surface area contributed by atoms with Crippen molar-refractivity contribution < 1.29 is 4.74 Å². The van der Waals surface area contributed by atoms with Gasteiger partial charge in [-0.2, -0.15) is 0 Å².